The highest BCUT2D eigenvalue weighted by Gasteiger charge is 2.14. The summed E-state index contributed by atoms with van der Waals surface area (Å²) in [7, 11) is 0. The van der Waals surface area contributed by atoms with E-state index < -0.39 is 11.2 Å². The van der Waals surface area contributed by atoms with E-state index in [1.165, 1.54) is 0 Å². The number of nitrogens with one attached hydrogen (secondary N) is 2. The lowest BCUT2D eigenvalue weighted by atomic mass is 9.98. The lowest BCUT2D eigenvalue weighted by Gasteiger charge is -2.09. The molecule has 0 fully saturated rings. The predicted molar refractivity (Wildman–Crippen MR) is 85.9 cm³/mol. The number of rotatable bonds is 1. The zero-order valence-corrected chi connectivity index (χ0v) is 11.5. The van der Waals surface area contributed by atoms with E-state index >= 15 is 0 Å². The van der Waals surface area contributed by atoms with E-state index in [0.717, 1.165) is 22.0 Å². The SMILES string of the molecule is O=c1[nH]c(=O)c2c(-c3ccccc3)c3ccccc3nc2[nH]1. The Morgan fingerprint density at radius 2 is 1.55 bits per heavy atom. The van der Waals surface area contributed by atoms with Gasteiger partial charge in [0.25, 0.3) is 5.56 Å². The van der Waals surface area contributed by atoms with Crippen LogP contribution in [-0.2, 0) is 0 Å². The van der Waals surface area contributed by atoms with Crippen LogP contribution < -0.4 is 11.2 Å². The Balaban J connectivity index is 2.32. The molecule has 2 aromatic carbocycles. The summed E-state index contributed by atoms with van der Waals surface area (Å²) in [5.41, 5.74) is 1.72. The summed E-state index contributed by atoms with van der Waals surface area (Å²) < 4.78 is 0. The van der Waals surface area contributed by atoms with Crippen LogP contribution >= 0.6 is 0 Å². The van der Waals surface area contributed by atoms with Crippen molar-refractivity contribution in [2.24, 2.45) is 0 Å². The number of aromatic nitrogens is 3. The second-order valence-corrected chi connectivity index (χ2v) is 5.00. The minimum Gasteiger partial charge on any atom is -0.291 e. The molecule has 0 radical (unpaired) electrons. The lowest BCUT2D eigenvalue weighted by Crippen LogP contribution is -2.23. The van der Waals surface area contributed by atoms with Gasteiger partial charge in [0, 0.05) is 10.9 Å². The molecule has 4 aromatic rings. The number of para-hydroxylation sites is 1. The molecule has 5 nitrogen and oxygen atoms in total. The zero-order chi connectivity index (χ0) is 15.1. The Hall–Kier alpha value is -3.21. The van der Waals surface area contributed by atoms with Crippen LogP contribution in [-0.4, -0.2) is 15.0 Å². The highest BCUT2D eigenvalue weighted by atomic mass is 16.2. The van der Waals surface area contributed by atoms with Gasteiger partial charge in [-0.3, -0.25) is 14.8 Å². The van der Waals surface area contributed by atoms with E-state index in [-0.39, 0.29) is 0 Å². The summed E-state index contributed by atoms with van der Waals surface area (Å²) in [4.78, 5) is 33.2. The van der Waals surface area contributed by atoms with Crippen LogP contribution in [0, 0.1) is 0 Å². The number of nitrogens with zero attached hydrogens (tertiary/aromatic N) is 1. The quantitative estimate of drug-likeness (QED) is 0.528. The fourth-order valence-electron chi connectivity index (χ4n) is 2.73. The minimum atomic E-state index is -0.556. The molecular formula is C17H11N3O2. The Labute approximate surface area is 124 Å². The van der Waals surface area contributed by atoms with Gasteiger partial charge < -0.3 is 0 Å². The molecule has 2 N–H and O–H groups in total. The van der Waals surface area contributed by atoms with Crippen molar-refractivity contribution in [1.82, 2.24) is 15.0 Å². The van der Waals surface area contributed by atoms with Gasteiger partial charge in [0.1, 0.15) is 5.65 Å². The van der Waals surface area contributed by atoms with Crippen LogP contribution in [0.2, 0.25) is 0 Å². The van der Waals surface area contributed by atoms with Gasteiger partial charge in [-0.1, -0.05) is 48.5 Å². The van der Waals surface area contributed by atoms with Crippen molar-refractivity contribution >= 4 is 21.9 Å². The molecule has 2 aromatic heterocycles. The third kappa shape index (κ3) is 1.83. The topological polar surface area (TPSA) is 78.6 Å². The van der Waals surface area contributed by atoms with Gasteiger partial charge in [-0.2, -0.15) is 0 Å². The second-order valence-electron chi connectivity index (χ2n) is 5.00. The molecule has 0 aliphatic heterocycles. The summed E-state index contributed by atoms with van der Waals surface area (Å²) >= 11 is 0. The average molecular weight is 289 g/mol. The van der Waals surface area contributed by atoms with Crippen LogP contribution in [0.1, 0.15) is 0 Å². The fraction of sp³-hybridized carbons (Fsp3) is 0. The Bertz CT molecular complexity index is 1110. The molecule has 0 spiro atoms. The van der Waals surface area contributed by atoms with Gasteiger partial charge in [0.2, 0.25) is 0 Å². The van der Waals surface area contributed by atoms with Crippen molar-refractivity contribution in [3.05, 3.63) is 75.4 Å². The molecule has 0 aliphatic rings. The molecule has 0 saturated heterocycles. The van der Waals surface area contributed by atoms with Gasteiger partial charge in [-0.25, -0.2) is 9.78 Å². The average Bonchev–Trinajstić information content (AvgIpc) is 2.53. The van der Waals surface area contributed by atoms with Gasteiger partial charge in [-0.05, 0) is 11.6 Å². The number of hydrogen-bond acceptors (Lipinski definition) is 3. The molecule has 106 valence electrons. The summed E-state index contributed by atoms with van der Waals surface area (Å²) in [6.45, 7) is 0. The van der Waals surface area contributed by atoms with E-state index in [1.54, 1.807) is 0 Å². The predicted octanol–water partition coefficient (Wildman–Crippen LogP) is 2.43. The maximum absolute atomic E-state index is 12.3. The lowest BCUT2D eigenvalue weighted by molar-refractivity contribution is 1.07. The van der Waals surface area contributed by atoms with Gasteiger partial charge in [0.05, 0.1) is 10.9 Å². The monoisotopic (exact) mass is 289 g/mol. The van der Waals surface area contributed by atoms with Crippen molar-refractivity contribution in [3.63, 3.8) is 0 Å². The molecular weight excluding hydrogens is 278 g/mol. The van der Waals surface area contributed by atoms with Crippen molar-refractivity contribution < 1.29 is 0 Å². The Morgan fingerprint density at radius 3 is 2.36 bits per heavy atom. The number of fused-ring (bicyclic) bond motifs is 2. The van der Waals surface area contributed by atoms with Crippen molar-refractivity contribution in [1.29, 1.82) is 0 Å². The molecule has 2 heterocycles. The number of aromatic amines is 2. The van der Waals surface area contributed by atoms with Gasteiger partial charge in [0.15, 0.2) is 0 Å². The van der Waals surface area contributed by atoms with Crippen molar-refractivity contribution in [2.45, 2.75) is 0 Å². The number of hydrogen-bond donors (Lipinski definition) is 2. The van der Waals surface area contributed by atoms with E-state index in [9.17, 15) is 9.59 Å². The second kappa shape index (κ2) is 4.66. The first-order valence-electron chi connectivity index (χ1n) is 6.84. The van der Waals surface area contributed by atoms with Crippen molar-refractivity contribution in [3.8, 4) is 11.1 Å². The largest absolute Gasteiger partial charge is 0.327 e. The van der Waals surface area contributed by atoms with Crippen LogP contribution in [0.4, 0.5) is 0 Å². The van der Waals surface area contributed by atoms with Crippen LogP contribution in [0.15, 0.2) is 64.2 Å². The fourth-order valence-corrected chi connectivity index (χ4v) is 2.73. The first kappa shape index (κ1) is 12.5. The first-order chi connectivity index (χ1) is 10.7. The Morgan fingerprint density at radius 1 is 0.818 bits per heavy atom. The van der Waals surface area contributed by atoms with Crippen LogP contribution in [0.5, 0.6) is 0 Å². The normalized spacial score (nSPS) is 11.1. The van der Waals surface area contributed by atoms with E-state index in [2.05, 4.69) is 15.0 Å². The van der Waals surface area contributed by atoms with E-state index in [0.29, 0.717) is 11.0 Å². The van der Waals surface area contributed by atoms with E-state index in [4.69, 9.17) is 0 Å². The summed E-state index contributed by atoms with van der Waals surface area (Å²) in [5, 5.41) is 1.27. The molecule has 0 bridgehead atoms. The maximum atomic E-state index is 12.3. The van der Waals surface area contributed by atoms with Crippen molar-refractivity contribution in [2.75, 3.05) is 0 Å². The minimum absolute atomic E-state index is 0.298. The molecule has 0 unspecified atom stereocenters. The molecule has 0 saturated carbocycles. The summed E-state index contributed by atoms with van der Waals surface area (Å²) in [6.07, 6.45) is 0. The highest BCUT2D eigenvalue weighted by Crippen LogP contribution is 2.31. The third-order valence-corrected chi connectivity index (χ3v) is 3.64. The molecule has 4 rings (SSSR count). The number of pyridine rings is 1. The first-order valence-corrected chi connectivity index (χ1v) is 6.84. The molecule has 22 heavy (non-hydrogen) atoms. The smallest absolute Gasteiger partial charge is 0.291 e. The molecule has 5 heteroatoms. The maximum Gasteiger partial charge on any atom is 0.327 e. The standard InChI is InChI=1S/C17H11N3O2/c21-16-14-13(10-6-2-1-3-7-10)11-8-4-5-9-12(11)18-15(14)19-17(22)20-16/h1-9H,(H2,18,19,20,21,22). The Kier molecular flexibility index (Phi) is 2.66. The van der Waals surface area contributed by atoms with Crippen LogP contribution in [0.25, 0.3) is 33.1 Å². The number of H-pyrrole nitrogens is 2. The summed E-state index contributed by atoms with van der Waals surface area (Å²) in [6, 6.07) is 17.2. The third-order valence-electron chi connectivity index (χ3n) is 3.64. The number of benzene rings is 2. The highest BCUT2D eigenvalue weighted by molar-refractivity contribution is 6.08. The molecule has 0 atom stereocenters. The van der Waals surface area contributed by atoms with Gasteiger partial charge in [-0.15, -0.1) is 0 Å². The van der Waals surface area contributed by atoms with Gasteiger partial charge >= 0.3 is 5.69 Å². The summed E-state index contributed by atoms with van der Waals surface area (Å²) in [5.74, 6) is 0. The molecule has 0 aliphatic carbocycles. The zero-order valence-electron chi connectivity index (χ0n) is 11.5. The van der Waals surface area contributed by atoms with E-state index in [1.807, 2.05) is 54.6 Å². The van der Waals surface area contributed by atoms with Crippen LogP contribution in [0.3, 0.4) is 0 Å². The molecule has 0 amide bonds.